The first-order valence-corrected chi connectivity index (χ1v) is 7.26. The molecule has 0 saturated carbocycles. The lowest BCUT2D eigenvalue weighted by atomic mass is 10.1. The summed E-state index contributed by atoms with van der Waals surface area (Å²) in [5.74, 6) is 1.05. The summed E-state index contributed by atoms with van der Waals surface area (Å²) in [6.07, 6.45) is 0. The predicted molar refractivity (Wildman–Crippen MR) is 101 cm³/mol. The normalized spacial score (nSPS) is 10.9. The molecule has 0 heterocycles. The second-order valence-corrected chi connectivity index (χ2v) is 5.16. The van der Waals surface area contributed by atoms with E-state index in [1.54, 1.807) is 12.1 Å². The van der Waals surface area contributed by atoms with Gasteiger partial charge in [0.15, 0.2) is 5.96 Å². The van der Waals surface area contributed by atoms with Crippen LogP contribution in [0.15, 0.2) is 29.3 Å². The van der Waals surface area contributed by atoms with E-state index < -0.39 is 0 Å². The molecule has 0 aliphatic carbocycles. The summed E-state index contributed by atoms with van der Waals surface area (Å²) < 4.78 is 4.67. The first-order valence-electron chi connectivity index (χ1n) is 7.26. The van der Waals surface area contributed by atoms with Gasteiger partial charge in [-0.1, -0.05) is 26.0 Å². The van der Waals surface area contributed by atoms with Gasteiger partial charge in [-0.05, 0) is 30.5 Å². The third kappa shape index (κ3) is 7.63. The number of hydrogen-bond acceptors (Lipinski definition) is 3. The van der Waals surface area contributed by atoms with Crippen molar-refractivity contribution in [3.05, 3.63) is 35.4 Å². The number of hydrogen-bond donors (Lipinski definition) is 2. The summed E-state index contributed by atoms with van der Waals surface area (Å²) in [5, 5.41) is 6.51. The third-order valence-electron chi connectivity index (χ3n) is 2.82. The lowest BCUT2D eigenvalue weighted by Gasteiger charge is -2.13. The molecular formula is C16H26IN3O2. The maximum absolute atomic E-state index is 11.4. The standard InChI is InChI=1S/C16H25N3O2.HI/c1-5-17-16(18-10-12(2)3)19-11-13-6-8-14(9-7-13)15(20)21-4;/h6-9,12H,5,10-11H2,1-4H3,(H2,17,18,19);1H. The van der Waals surface area contributed by atoms with E-state index >= 15 is 0 Å². The quantitative estimate of drug-likeness (QED) is 0.322. The molecule has 0 unspecified atom stereocenters. The number of aliphatic imine (C=N–C) groups is 1. The Labute approximate surface area is 149 Å². The Morgan fingerprint density at radius 2 is 1.86 bits per heavy atom. The monoisotopic (exact) mass is 419 g/mol. The van der Waals surface area contributed by atoms with Crippen LogP contribution in [0.3, 0.4) is 0 Å². The summed E-state index contributed by atoms with van der Waals surface area (Å²) >= 11 is 0. The summed E-state index contributed by atoms with van der Waals surface area (Å²) in [6.45, 7) is 8.62. The van der Waals surface area contributed by atoms with Crippen molar-refractivity contribution in [3.63, 3.8) is 0 Å². The van der Waals surface area contributed by atoms with E-state index in [1.807, 2.05) is 19.1 Å². The molecule has 1 aromatic rings. The predicted octanol–water partition coefficient (Wildman–Crippen LogP) is 2.80. The van der Waals surface area contributed by atoms with Crippen LogP contribution >= 0.6 is 24.0 Å². The number of guanidine groups is 1. The number of methoxy groups -OCH3 is 1. The molecule has 0 aliphatic rings. The zero-order valence-electron chi connectivity index (χ0n) is 13.7. The third-order valence-corrected chi connectivity index (χ3v) is 2.82. The fourth-order valence-corrected chi connectivity index (χ4v) is 1.68. The van der Waals surface area contributed by atoms with E-state index in [0.717, 1.165) is 24.6 Å². The molecule has 0 saturated heterocycles. The SMILES string of the molecule is CCNC(=NCc1ccc(C(=O)OC)cc1)NCC(C)C.I. The van der Waals surface area contributed by atoms with Gasteiger partial charge in [-0.3, -0.25) is 0 Å². The number of carbonyl (C=O) groups excluding carboxylic acids is 1. The second kappa shape index (κ2) is 11.3. The van der Waals surface area contributed by atoms with E-state index in [1.165, 1.54) is 7.11 Å². The zero-order valence-corrected chi connectivity index (χ0v) is 16.0. The highest BCUT2D eigenvalue weighted by atomic mass is 127. The number of carbonyl (C=O) groups is 1. The lowest BCUT2D eigenvalue weighted by Crippen LogP contribution is -2.39. The molecule has 1 aromatic carbocycles. The summed E-state index contributed by atoms with van der Waals surface area (Å²) in [5.41, 5.74) is 1.60. The van der Waals surface area contributed by atoms with Crippen LogP contribution in [-0.4, -0.2) is 32.1 Å². The summed E-state index contributed by atoms with van der Waals surface area (Å²) in [7, 11) is 1.38. The summed E-state index contributed by atoms with van der Waals surface area (Å²) in [6, 6.07) is 7.29. The molecule has 124 valence electrons. The minimum atomic E-state index is -0.322. The van der Waals surface area contributed by atoms with Crippen molar-refractivity contribution < 1.29 is 9.53 Å². The van der Waals surface area contributed by atoms with Gasteiger partial charge in [-0.25, -0.2) is 9.79 Å². The molecule has 0 aromatic heterocycles. The number of nitrogens with one attached hydrogen (secondary N) is 2. The van der Waals surface area contributed by atoms with Gasteiger partial charge in [0.05, 0.1) is 19.2 Å². The summed E-state index contributed by atoms with van der Waals surface area (Å²) in [4.78, 5) is 15.9. The van der Waals surface area contributed by atoms with Gasteiger partial charge in [0.2, 0.25) is 0 Å². The number of benzene rings is 1. The van der Waals surface area contributed by atoms with E-state index in [2.05, 4.69) is 34.2 Å². The molecular weight excluding hydrogens is 393 g/mol. The first kappa shape index (κ1) is 20.7. The van der Waals surface area contributed by atoms with Crippen LogP contribution in [-0.2, 0) is 11.3 Å². The fourth-order valence-electron chi connectivity index (χ4n) is 1.68. The van der Waals surface area contributed by atoms with Gasteiger partial charge in [-0.2, -0.15) is 0 Å². The number of rotatable bonds is 6. The smallest absolute Gasteiger partial charge is 0.337 e. The van der Waals surface area contributed by atoms with Gasteiger partial charge in [0.1, 0.15) is 0 Å². The Hall–Kier alpha value is -1.31. The Balaban J connectivity index is 0.00000441. The zero-order chi connectivity index (χ0) is 15.7. The van der Waals surface area contributed by atoms with Crippen LogP contribution in [0.5, 0.6) is 0 Å². The van der Waals surface area contributed by atoms with Crippen LogP contribution in [0.25, 0.3) is 0 Å². The minimum Gasteiger partial charge on any atom is -0.465 e. The van der Waals surface area contributed by atoms with Crippen LogP contribution in [0.1, 0.15) is 36.7 Å². The Morgan fingerprint density at radius 3 is 2.36 bits per heavy atom. The van der Waals surface area contributed by atoms with Crippen LogP contribution in [0.4, 0.5) is 0 Å². The first-order chi connectivity index (χ1) is 10.1. The molecule has 0 bridgehead atoms. The van der Waals surface area contributed by atoms with Gasteiger partial charge in [-0.15, -0.1) is 24.0 Å². The highest BCUT2D eigenvalue weighted by Gasteiger charge is 2.04. The van der Waals surface area contributed by atoms with Gasteiger partial charge >= 0.3 is 5.97 Å². The molecule has 0 fully saturated rings. The average Bonchev–Trinajstić information content (AvgIpc) is 2.49. The number of nitrogens with zero attached hydrogens (tertiary/aromatic N) is 1. The van der Waals surface area contributed by atoms with Crippen molar-refractivity contribution in [2.75, 3.05) is 20.2 Å². The number of halogens is 1. The molecule has 2 N–H and O–H groups in total. The van der Waals surface area contributed by atoms with E-state index in [-0.39, 0.29) is 29.9 Å². The van der Waals surface area contributed by atoms with Crippen molar-refractivity contribution in [2.45, 2.75) is 27.3 Å². The van der Waals surface area contributed by atoms with Crippen molar-refractivity contribution in [1.82, 2.24) is 10.6 Å². The van der Waals surface area contributed by atoms with Crippen LogP contribution < -0.4 is 10.6 Å². The topological polar surface area (TPSA) is 62.7 Å². The van der Waals surface area contributed by atoms with E-state index in [4.69, 9.17) is 0 Å². The van der Waals surface area contributed by atoms with Crippen LogP contribution in [0.2, 0.25) is 0 Å². The highest BCUT2D eigenvalue weighted by Crippen LogP contribution is 2.06. The Bertz CT molecular complexity index is 473. The largest absolute Gasteiger partial charge is 0.465 e. The van der Waals surface area contributed by atoms with Crippen molar-refractivity contribution in [2.24, 2.45) is 10.9 Å². The van der Waals surface area contributed by atoms with E-state index in [9.17, 15) is 4.79 Å². The molecule has 0 spiro atoms. The molecule has 0 aliphatic heterocycles. The highest BCUT2D eigenvalue weighted by molar-refractivity contribution is 14.0. The number of ether oxygens (including phenoxy) is 1. The molecule has 0 amide bonds. The molecule has 6 heteroatoms. The maximum atomic E-state index is 11.4. The maximum Gasteiger partial charge on any atom is 0.337 e. The molecule has 22 heavy (non-hydrogen) atoms. The van der Waals surface area contributed by atoms with Gasteiger partial charge < -0.3 is 15.4 Å². The van der Waals surface area contributed by atoms with Crippen LogP contribution in [0, 0.1) is 5.92 Å². The average molecular weight is 419 g/mol. The van der Waals surface area contributed by atoms with Gasteiger partial charge in [0, 0.05) is 13.1 Å². The van der Waals surface area contributed by atoms with Gasteiger partial charge in [0.25, 0.3) is 0 Å². The second-order valence-electron chi connectivity index (χ2n) is 5.16. The minimum absolute atomic E-state index is 0. The molecule has 1 rings (SSSR count). The van der Waals surface area contributed by atoms with E-state index in [0.29, 0.717) is 18.0 Å². The molecule has 0 atom stereocenters. The number of esters is 1. The van der Waals surface area contributed by atoms with Crippen molar-refractivity contribution in [3.8, 4) is 0 Å². The lowest BCUT2D eigenvalue weighted by molar-refractivity contribution is 0.0600. The van der Waals surface area contributed by atoms with Crippen molar-refractivity contribution >= 4 is 35.9 Å². The Morgan fingerprint density at radius 1 is 1.23 bits per heavy atom. The molecule has 0 radical (unpaired) electrons. The fraction of sp³-hybridized carbons (Fsp3) is 0.500. The Kier molecular flexibility index (Phi) is 10.6. The van der Waals surface area contributed by atoms with Crippen molar-refractivity contribution in [1.29, 1.82) is 0 Å². The molecule has 5 nitrogen and oxygen atoms in total.